The fourth-order valence-electron chi connectivity index (χ4n) is 4.02. The van der Waals surface area contributed by atoms with Crippen LogP contribution in [0.2, 0.25) is 0 Å². The molecule has 6 nitrogen and oxygen atoms in total. The first-order valence-corrected chi connectivity index (χ1v) is 11.4. The minimum Gasteiger partial charge on any atom is -0.480 e. The molecule has 0 spiro atoms. The molecule has 0 saturated heterocycles. The normalized spacial score (nSPS) is 11.4. The highest BCUT2D eigenvalue weighted by atomic mass is 16.5. The van der Waals surface area contributed by atoms with Gasteiger partial charge in [0, 0.05) is 23.7 Å². The second kappa shape index (κ2) is 10.0. The molecule has 0 atom stereocenters. The minimum absolute atomic E-state index is 0.00959. The number of nitrogens with zero attached hydrogens (tertiary/aromatic N) is 3. The molecule has 1 aromatic heterocycles. The molecule has 34 heavy (non-hydrogen) atoms. The zero-order valence-electron chi connectivity index (χ0n) is 19.9. The van der Waals surface area contributed by atoms with Gasteiger partial charge >= 0.3 is 5.97 Å². The van der Waals surface area contributed by atoms with Crippen LogP contribution in [0.4, 0.5) is 0 Å². The van der Waals surface area contributed by atoms with Gasteiger partial charge in [0.2, 0.25) is 5.82 Å². The number of hydrogen-bond donors (Lipinski definition) is 1. The van der Waals surface area contributed by atoms with Crippen LogP contribution < -0.4 is 0 Å². The second-order valence-corrected chi connectivity index (χ2v) is 8.86. The highest BCUT2D eigenvalue weighted by Crippen LogP contribution is 2.30. The van der Waals surface area contributed by atoms with Crippen molar-refractivity contribution >= 4 is 5.97 Å². The van der Waals surface area contributed by atoms with E-state index in [1.54, 1.807) is 0 Å². The van der Waals surface area contributed by atoms with E-state index in [0.29, 0.717) is 18.3 Å². The minimum atomic E-state index is -0.827. The van der Waals surface area contributed by atoms with E-state index < -0.39 is 5.97 Å². The lowest BCUT2D eigenvalue weighted by Crippen LogP contribution is -2.35. The number of carboxylic acids is 1. The van der Waals surface area contributed by atoms with E-state index in [-0.39, 0.29) is 12.6 Å². The highest BCUT2D eigenvalue weighted by Gasteiger charge is 2.15. The van der Waals surface area contributed by atoms with Crippen LogP contribution in [0.25, 0.3) is 34.0 Å². The van der Waals surface area contributed by atoms with Crippen molar-refractivity contribution in [1.82, 2.24) is 15.0 Å². The van der Waals surface area contributed by atoms with Crippen molar-refractivity contribution < 1.29 is 14.4 Å². The van der Waals surface area contributed by atoms with E-state index in [1.807, 2.05) is 55.1 Å². The third kappa shape index (κ3) is 5.24. The average Bonchev–Trinajstić information content (AvgIpc) is 3.30. The van der Waals surface area contributed by atoms with E-state index in [2.05, 4.69) is 54.3 Å². The number of rotatable bonds is 8. The van der Waals surface area contributed by atoms with E-state index in [0.717, 1.165) is 22.3 Å². The first-order valence-electron chi connectivity index (χ1n) is 11.4. The Morgan fingerprint density at radius 2 is 1.62 bits per heavy atom. The summed E-state index contributed by atoms with van der Waals surface area (Å²) < 4.78 is 5.56. The van der Waals surface area contributed by atoms with Crippen molar-refractivity contribution in [3.05, 3.63) is 83.4 Å². The summed E-state index contributed by atoms with van der Waals surface area (Å²) in [6.45, 7) is 8.77. The summed E-state index contributed by atoms with van der Waals surface area (Å²) in [5, 5.41) is 13.3. The van der Waals surface area contributed by atoms with Gasteiger partial charge in [-0.1, -0.05) is 59.8 Å². The van der Waals surface area contributed by atoms with Gasteiger partial charge in [0.1, 0.15) is 0 Å². The number of aliphatic carboxylic acids is 1. The zero-order chi connectivity index (χ0) is 24.2. The number of aryl methyl sites for hydroxylation is 2. The fraction of sp³-hybridized carbons (Fsp3) is 0.250. The van der Waals surface area contributed by atoms with Gasteiger partial charge in [0.05, 0.1) is 6.54 Å². The van der Waals surface area contributed by atoms with Crippen LogP contribution in [-0.2, 0) is 11.3 Å². The van der Waals surface area contributed by atoms with Crippen molar-refractivity contribution in [3.63, 3.8) is 0 Å². The summed E-state index contributed by atoms with van der Waals surface area (Å²) >= 11 is 0. The quantitative estimate of drug-likeness (QED) is 0.352. The molecule has 1 heterocycles. The number of aromatic nitrogens is 2. The molecule has 0 fully saturated rings. The Balaban J connectivity index is 1.52. The summed E-state index contributed by atoms with van der Waals surface area (Å²) in [6, 6.07) is 22.5. The lowest BCUT2D eigenvalue weighted by Gasteiger charge is -2.24. The molecule has 3 aromatic carbocycles. The number of benzene rings is 3. The Morgan fingerprint density at radius 1 is 0.941 bits per heavy atom. The van der Waals surface area contributed by atoms with Crippen LogP contribution in [0.15, 0.2) is 71.3 Å². The monoisotopic (exact) mass is 455 g/mol. The third-order valence-electron chi connectivity index (χ3n) is 6.00. The van der Waals surface area contributed by atoms with Gasteiger partial charge in [0.15, 0.2) is 0 Å². The molecule has 0 unspecified atom stereocenters. The van der Waals surface area contributed by atoms with E-state index in [4.69, 9.17) is 9.63 Å². The molecular weight excluding hydrogens is 426 g/mol. The number of hydrogen-bond acceptors (Lipinski definition) is 5. The predicted molar refractivity (Wildman–Crippen MR) is 133 cm³/mol. The van der Waals surface area contributed by atoms with Crippen molar-refractivity contribution in [1.29, 1.82) is 0 Å². The van der Waals surface area contributed by atoms with Crippen LogP contribution in [-0.4, -0.2) is 38.7 Å². The van der Waals surface area contributed by atoms with Crippen LogP contribution in [0.3, 0.4) is 0 Å². The van der Waals surface area contributed by atoms with Gasteiger partial charge in [-0.05, 0) is 67.6 Å². The zero-order valence-corrected chi connectivity index (χ0v) is 19.9. The highest BCUT2D eigenvalue weighted by molar-refractivity contribution is 5.73. The SMILES string of the molecule is Cc1ccccc1-c1ccc(-c2nc(-c3ccc(CN(CC(=O)O)C(C)C)cc3)no2)cc1C. The van der Waals surface area contributed by atoms with Crippen molar-refractivity contribution in [2.75, 3.05) is 6.54 Å². The Labute approximate surface area is 199 Å². The van der Waals surface area contributed by atoms with Gasteiger partial charge in [-0.2, -0.15) is 4.98 Å². The summed E-state index contributed by atoms with van der Waals surface area (Å²) in [5.74, 6) is 0.172. The van der Waals surface area contributed by atoms with Crippen LogP contribution >= 0.6 is 0 Å². The molecule has 4 rings (SSSR count). The molecule has 0 amide bonds. The van der Waals surface area contributed by atoms with Crippen LogP contribution in [0, 0.1) is 13.8 Å². The lowest BCUT2D eigenvalue weighted by atomic mass is 9.95. The van der Waals surface area contributed by atoms with Gasteiger partial charge in [-0.25, -0.2) is 0 Å². The Hall–Kier alpha value is -3.77. The van der Waals surface area contributed by atoms with Crippen molar-refractivity contribution in [2.24, 2.45) is 0 Å². The van der Waals surface area contributed by atoms with Crippen molar-refractivity contribution in [3.8, 4) is 34.0 Å². The topological polar surface area (TPSA) is 79.5 Å². The Kier molecular flexibility index (Phi) is 6.89. The lowest BCUT2D eigenvalue weighted by molar-refractivity contribution is -0.138. The van der Waals surface area contributed by atoms with Crippen LogP contribution in [0.5, 0.6) is 0 Å². The van der Waals surface area contributed by atoms with Gasteiger partial charge < -0.3 is 9.63 Å². The summed E-state index contributed by atoms with van der Waals surface area (Å²) in [6.07, 6.45) is 0. The van der Waals surface area contributed by atoms with E-state index in [1.165, 1.54) is 16.7 Å². The molecule has 174 valence electrons. The standard InChI is InChI=1S/C28H29N3O3/c1-18(2)31(17-26(32)33)16-21-9-11-22(12-10-21)27-29-28(34-30-27)23-13-14-25(20(4)15-23)24-8-6-5-7-19(24)3/h5-15,18H,16-17H2,1-4H3,(H,32,33). The first-order chi connectivity index (χ1) is 16.3. The molecule has 0 aliphatic rings. The molecule has 0 saturated carbocycles. The maximum absolute atomic E-state index is 11.1. The molecular formula is C28H29N3O3. The van der Waals surface area contributed by atoms with Gasteiger partial charge in [0.25, 0.3) is 5.89 Å². The van der Waals surface area contributed by atoms with Gasteiger partial charge in [-0.3, -0.25) is 9.69 Å². The second-order valence-electron chi connectivity index (χ2n) is 8.86. The predicted octanol–water partition coefficient (Wildman–Crippen LogP) is 5.98. The Morgan fingerprint density at radius 3 is 2.26 bits per heavy atom. The van der Waals surface area contributed by atoms with E-state index in [9.17, 15) is 4.79 Å². The first kappa shape index (κ1) is 23.4. The molecule has 6 heteroatoms. The largest absolute Gasteiger partial charge is 0.480 e. The fourth-order valence-corrected chi connectivity index (χ4v) is 4.02. The maximum atomic E-state index is 11.1. The van der Waals surface area contributed by atoms with Crippen LogP contribution in [0.1, 0.15) is 30.5 Å². The Bertz CT molecular complexity index is 1290. The molecule has 0 aliphatic carbocycles. The summed E-state index contributed by atoms with van der Waals surface area (Å²) in [7, 11) is 0. The van der Waals surface area contributed by atoms with Gasteiger partial charge in [-0.15, -0.1) is 0 Å². The summed E-state index contributed by atoms with van der Waals surface area (Å²) in [5.41, 5.74) is 7.55. The number of carboxylic acid groups (broad SMARTS) is 1. The molecule has 0 radical (unpaired) electrons. The smallest absolute Gasteiger partial charge is 0.317 e. The third-order valence-corrected chi connectivity index (χ3v) is 6.00. The summed E-state index contributed by atoms with van der Waals surface area (Å²) in [4.78, 5) is 17.6. The molecule has 0 bridgehead atoms. The molecule has 0 aliphatic heterocycles. The van der Waals surface area contributed by atoms with Crippen molar-refractivity contribution in [2.45, 2.75) is 40.3 Å². The van der Waals surface area contributed by atoms with E-state index >= 15 is 0 Å². The maximum Gasteiger partial charge on any atom is 0.317 e. The average molecular weight is 456 g/mol. The molecule has 4 aromatic rings. The number of carbonyl (C=O) groups is 1. The molecule has 1 N–H and O–H groups in total.